The Morgan fingerprint density at radius 1 is 1.28 bits per heavy atom. The number of sulfone groups is 1. The number of nitrogens with one attached hydrogen (secondary N) is 1. The Balaban J connectivity index is 1.60. The summed E-state index contributed by atoms with van der Waals surface area (Å²) in [7, 11) is -2.74. The summed E-state index contributed by atoms with van der Waals surface area (Å²) in [5.74, 6) is 1.57. The predicted molar refractivity (Wildman–Crippen MR) is 69.5 cm³/mol. The van der Waals surface area contributed by atoms with Crippen LogP contribution >= 0.6 is 0 Å². The first-order chi connectivity index (χ1) is 8.62. The molecule has 0 saturated carbocycles. The zero-order valence-electron chi connectivity index (χ0n) is 10.2. The second kappa shape index (κ2) is 4.55. The highest BCUT2D eigenvalue weighted by Gasteiger charge is 2.33. The molecule has 1 fully saturated rings. The Kier molecular flexibility index (Phi) is 3.03. The Labute approximate surface area is 107 Å². The lowest BCUT2D eigenvalue weighted by Gasteiger charge is -2.26. The van der Waals surface area contributed by atoms with Crippen molar-refractivity contribution in [3.8, 4) is 5.75 Å². The number of fused-ring (bicyclic) bond motifs is 1. The molecule has 0 radical (unpaired) electrons. The van der Waals surface area contributed by atoms with E-state index in [0.29, 0.717) is 6.61 Å². The number of ether oxygens (including phenoxy) is 1. The molecule has 0 aromatic heterocycles. The van der Waals surface area contributed by atoms with Gasteiger partial charge in [-0.25, -0.2) is 8.42 Å². The Morgan fingerprint density at radius 3 is 2.89 bits per heavy atom. The quantitative estimate of drug-likeness (QED) is 0.878. The third-order valence-electron chi connectivity index (χ3n) is 3.53. The van der Waals surface area contributed by atoms with E-state index in [0.717, 1.165) is 25.3 Å². The molecule has 0 atom stereocenters. The molecular weight excluding hydrogens is 250 g/mol. The summed E-state index contributed by atoms with van der Waals surface area (Å²) in [6.45, 7) is 2.43. The van der Waals surface area contributed by atoms with Gasteiger partial charge in [0.2, 0.25) is 0 Å². The van der Waals surface area contributed by atoms with E-state index in [2.05, 4.69) is 17.4 Å². The molecule has 0 aliphatic carbocycles. The highest BCUT2D eigenvalue weighted by Crippen LogP contribution is 2.23. The number of hydrogen-bond acceptors (Lipinski definition) is 4. The van der Waals surface area contributed by atoms with Gasteiger partial charge in [0.05, 0.1) is 18.1 Å². The molecule has 3 rings (SSSR count). The molecule has 1 saturated heterocycles. The molecule has 1 aromatic carbocycles. The van der Waals surface area contributed by atoms with Gasteiger partial charge in [0.15, 0.2) is 9.84 Å². The van der Waals surface area contributed by atoms with Gasteiger partial charge in [-0.1, -0.05) is 6.07 Å². The van der Waals surface area contributed by atoms with Gasteiger partial charge in [-0.3, -0.25) is 0 Å². The molecule has 4 nitrogen and oxygen atoms in total. The van der Waals surface area contributed by atoms with Crippen molar-refractivity contribution in [1.82, 2.24) is 5.32 Å². The molecule has 98 valence electrons. The van der Waals surface area contributed by atoms with Gasteiger partial charge in [-0.2, -0.15) is 0 Å². The molecule has 0 bridgehead atoms. The molecule has 2 aliphatic rings. The van der Waals surface area contributed by atoms with Crippen LogP contribution in [-0.2, 0) is 22.8 Å². The van der Waals surface area contributed by atoms with Crippen LogP contribution in [0.3, 0.4) is 0 Å². The van der Waals surface area contributed by atoms with Crippen LogP contribution in [0.4, 0.5) is 0 Å². The molecule has 2 aliphatic heterocycles. The maximum Gasteiger partial charge on any atom is 0.151 e. The zero-order chi connectivity index (χ0) is 12.6. The molecule has 0 spiro atoms. The summed E-state index contributed by atoms with van der Waals surface area (Å²) < 4.78 is 27.7. The topological polar surface area (TPSA) is 55.4 Å². The van der Waals surface area contributed by atoms with Crippen LogP contribution in [0, 0.1) is 5.92 Å². The fraction of sp³-hybridized carbons (Fsp3) is 0.538. The van der Waals surface area contributed by atoms with Crippen LogP contribution in [0.1, 0.15) is 11.1 Å². The maximum atomic E-state index is 11.0. The van der Waals surface area contributed by atoms with Gasteiger partial charge in [-0.05, 0) is 36.2 Å². The monoisotopic (exact) mass is 267 g/mol. The van der Waals surface area contributed by atoms with Crippen molar-refractivity contribution in [2.75, 3.05) is 24.7 Å². The summed E-state index contributed by atoms with van der Waals surface area (Å²) in [4.78, 5) is 0. The zero-order valence-corrected chi connectivity index (χ0v) is 11.0. The smallest absolute Gasteiger partial charge is 0.151 e. The largest absolute Gasteiger partial charge is 0.493 e. The average molecular weight is 267 g/mol. The summed E-state index contributed by atoms with van der Waals surface area (Å²) >= 11 is 0. The molecule has 5 heteroatoms. The lowest BCUT2D eigenvalue weighted by molar-refractivity contribution is 0.263. The standard InChI is InChI=1S/C13H17NO3S/c15-18(16)8-10(9-18)7-17-13-2-1-11-3-4-14-6-12(11)5-13/h1-2,5,10,14H,3-4,6-9H2. The molecule has 0 amide bonds. The Hall–Kier alpha value is -1.07. The molecular formula is C13H17NO3S. The molecule has 2 heterocycles. The minimum absolute atomic E-state index is 0.171. The highest BCUT2D eigenvalue weighted by molar-refractivity contribution is 7.92. The van der Waals surface area contributed by atoms with Crippen molar-refractivity contribution in [2.24, 2.45) is 5.92 Å². The average Bonchev–Trinajstić information content (AvgIpc) is 2.33. The minimum Gasteiger partial charge on any atom is -0.493 e. The van der Waals surface area contributed by atoms with Crippen LogP contribution in [0.2, 0.25) is 0 Å². The van der Waals surface area contributed by atoms with E-state index in [4.69, 9.17) is 4.74 Å². The van der Waals surface area contributed by atoms with Crippen molar-refractivity contribution in [3.63, 3.8) is 0 Å². The first-order valence-electron chi connectivity index (χ1n) is 6.28. The van der Waals surface area contributed by atoms with Crippen molar-refractivity contribution >= 4 is 9.84 Å². The van der Waals surface area contributed by atoms with Gasteiger partial charge < -0.3 is 10.1 Å². The maximum absolute atomic E-state index is 11.0. The third kappa shape index (κ3) is 2.52. The van der Waals surface area contributed by atoms with Crippen LogP contribution in [-0.4, -0.2) is 33.1 Å². The predicted octanol–water partition coefficient (Wildman–Crippen LogP) is 0.756. The molecule has 1 aromatic rings. The van der Waals surface area contributed by atoms with Gasteiger partial charge in [0.1, 0.15) is 5.75 Å². The van der Waals surface area contributed by atoms with Gasteiger partial charge in [-0.15, -0.1) is 0 Å². The van der Waals surface area contributed by atoms with Crippen LogP contribution < -0.4 is 10.1 Å². The highest BCUT2D eigenvalue weighted by atomic mass is 32.2. The van der Waals surface area contributed by atoms with Crippen LogP contribution in [0.5, 0.6) is 5.75 Å². The first-order valence-corrected chi connectivity index (χ1v) is 8.10. The Bertz CT molecular complexity index is 541. The van der Waals surface area contributed by atoms with Gasteiger partial charge in [0.25, 0.3) is 0 Å². The number of benzene rings is 1. The van der Waals surface area contributed by atoms with Crippen molar-refractivity contribution < 1.29 is 13.2 Å². The SMILES string of the molecule is O=S1(=O)CC(COc2ccc3c(c2)CNCC3)C1. The van der Waals surface area contributed by atoms with E-state index in [1.165, 1.54) is 11.1 Å². The molecule has 0 unspecified atom stereocenters. The van der Waals surface area contributed by atoms with E-state index in [1.54, 1.807) is 0 Å². The summed E-state index contributed by atoms with van der Waals surface area (Å²) in [6, 6.07) is 6.16. The van der Waals surface area contributed by atoms with Crippen molar-refractivity contribution in [2.45, 2.75) is 13.0 Å². The lowest BCUT2D eigenvalue weighted by Crippen LogP contribution is -2.39. The van der Waals surface area contributed by atoms with Crippen LogP contribution in [0.25, 0.3) is 0 Å². The molecule has 18 heavy (non-hydrogen) atoms. The van der Waals surface area contributed by atoms with Gasteiger partial charge >= 0.3 is 0 Å². The molecule has 1 N–H and O–H groups in total. The second-order valence-corrected chi connectivity index (χ2v) is 7.27. The number of hydrogen-bond donors (Lipinski definition) is 1. The van der Waals surface area contributed by atoms with E-state index in [9.17, 15) is 8.42 Å². The van der Waals surface area contributed by atoms with Gasteiger partial charge in [0, 0.05) is 12.5 Å². The summed E-state index contributed by atoms with van der Waals surface area (Å²) in [5, 5.41) is 3.33. The van der Waals surface area contributed by atoms with Crippen molar-refractivity contribution in [1.29, 1.82) is 0 Å². The van der Waals surface area contributed by atoms with Crippen molar-refractivity contribution in [3.05, 3.63) is 29.3 Å². The normalized spacial score (nSPS) is 22.0. The summed E-state index contributed by atoms with van der Waals surface area (Å²) in [6.07, 6.45) is 1.07. The third-order valence-corrected chi connectivity index (χ3v) is 5.49. The minimum atomic E-state index is -2.74. The number of rotatable bonds is 3. The van der Waals surface area contributed by atoms with E-state index < -0.39 is 9.84 Å². The fourth-order valence-electron chi connectivity index (χ4n) is 2.53. The van der Waals surface area contributed by atoms with E-state index in [-0.39, 0.29) is 17.4 Å². The van der Waals surface area contributed by atoms with E-state index >= 15 is 0 Å². The summed E-state index contributed by atoms with van der Waals surface area (Å²) in [5.41, 5.74) is 2.67. The fourth-order valence-corrected chi connectivity index (χ4v) is 4.06. The Morgan fingerprint density at radius 2 is 2.11 bits per heavy atom. The van der Waals surface area contributed by atoms with Crippen LogP contribution in [0.15, 0.2) is 18.2 Å². The lowest BCUT2D eigenvalue weighted by atomic mass is 10.0. The second-order valence-electron chi connectivity index (χ2n) is 5.11. The first kappa shape index (κ1) is 12.0. The van der Waals surface area contributed by atoms with E-state index in [1.807, 2.05) is 6.07 Å².